The number of nitrogens with two attached hydrogens (primary N) is 1. The van der Waals surface area contributed by atoms with Crippen LogP contribution in [0.1, 0.15) is 13.8 Å². The van der Waals surface area contributed by atoms with Crippen LogP contribution in [0, 0.1) is 9.49 Å². The van der Waals surface area contributed by atoms with Crippen LogP contribution in [0.25, 0.3) is 0 Å². The van der Waals surface area contributed by atoms with E-state index in [2.05, 4.69) is 52.2 Å². The van der Waals surface area contributed by atoms with Crippen molar-refractivity contribution < 1.29 is 0 Å². The molecule has 0 amide bonds. The van der Waals surface area contributed by atoms with Crippen LogP contribution in [-0.4, -0.2) is 12.5 Å². The second-order valence-corrected chi connectivity index (χ2v) is 4.99. The first-order chi connectivity index (χ1) is 7.63. The highest BCUT2D eigenvalue weighted by Crippen LogP contribution is 2.16. The van der Waals surface area contributed by atoms with Crippen LogP contribution in [0.5, 0.6) is 0 Å². The predicted molar refractivity (Wildman–Crippen MR) is 77.2 cm³/mol. The van der Waals surface area contributed by atoms with Crippen molar-refractivity contribution in [3.05, 3.63) is 27.8 Å². The van der Waals surface area contributed by atoms with E-state index in [-0.39, 0.29) is 0 Å². The molecule has 5 heteroatoms. The van der Waals surface area contributed by atoms with Gasteiger partial charge in [-0.2, -0.15) is 0 Å². The van der Waals surface area contributed by atoms with Gasteiger partial charge in [-0.15, -0.1) is 0 Å². The van der Waals surface area contributed by atoms with E-state index in [0.29, 0.717) is 11.9 Å². The van der Waals surface area contributed by atoms with E-state index in [1.54, 1.807) is 0 Å². The molecule has 0 spiro atoms. The molecule has 0 saturated carbocycles. The summed E-state index contributed by atoms with van der Waals surface area (Å²) in [7, 11) is 0. The molecule has 88 valence electrons. The highest BCUT2D eigenvalue weighted by atomic mass is 127. The van der Waals surface area contributed by atoms with Crippen LogP contribution in [-0.2, 0) is 0 Å². The van der Waals surface area contributed by atoms with Gasteiger partial charge < -0.3 is 5.32 Å². The van der Waals surface area contributed by atoms with Gasteiger partial charge in [-0.3, -0.25) is 10.4 Å². The first-order valence-corrected chi connectivity index (χ1v) is 6.24. The fourth-order valence-corrected chi connectivity index (χ4v) is 1.61. The summed E-state index contributed by atoms with van der Waals surface area (Å²) >= 11 is 2.27. The van der Waals surface area contributed by atoms with Crippen molar-refractivity contribution >= 4 is 34.2 Å². The number of rotatable bonds is 3. The molecule has 0 fully saturated rings. The zero-order valence-electron chi connectivity index (χ0n) is 9.50. The minimum absolute atomic E-state index is 0.514. The molecule has 1 aromatic carbocycles. The molecule has 0 unspecified atom stereocenters. The molecule has 0 radical (unpaired) electrons. The lowest BCUT2D eigenvalue weighted by atomic mass is 10.2. The van der Waals surface area contributed by atoms with Crippen molar-refractivity contribution in [2.75, 3.05) is 11.9 Å². The van der Waals surface area contributed by atoms with Crippen LogP contribution in [0.3, 0.4) is 0 Å². The Hall–Kier alpha value is -0.820. The molecular weight excluding hydrogens is 315 g/mol. The Kier molecular flexibility index (Phi) is 5.54. The van der Waals surface area contributed by atoms with E-state index >= 15 is 0 Å². The summed E-state index contributed by atoms with van der Waals surface area (Å²) in [6, 6.07) is 7.98. The maximum Gasteiger partial charge on any atom is 0.210 e. The summed E-state index contributed by atoms with van der Waals surface area (Å²) in [5, 5.41) is 3.16. The predicted octanol–water partition coefficient (Wildman–Crippen LogP) is 2.18. The third-order valence-corrected chi connectivity index (χ3v) is 2.82. The SMILES string of the molecule is CC(C)CN=C(NN)Nc1ccccc1I. The van der Waals surface area contributed by atoms with Crippen molar-refractivity contribution in [2.24, 2.45) is 16.8 Å². The zero-order valence-corrected chi connectivity index (χ0v) is 11.7. The van der Waals surface area contributed by atoms with E-state index in [9.17, 15) is 0 Å². The number of aliphatic imine (C=N–C) groups is 1. The second-order valence-electron chi connectivity index (χ2n) is 3.83. The molecule has 0 bridgehead atoms. The number of nitrogens with zero attached hydrogens (tertiary/aromatic N) is 1. The summed E-state index contributed by atoms with van der Waals surface area (Å²) < 4.78 is 1.13. The molecular formula is C11H17IN4. The van der Waals surface area contributed by atoms with Gasteiger partial charge in [0, 0.05) is 10.1 Å². The molecule has 1 rings (SSSR count). The van der Waals surface area contributed by atoms with E-state index in [1.807, 2.05) is 24.3 Å². The van der Waals surface area contributed by atoms with E-state index < -0.39 is 0 Å². The maximum absolute atomic E-state index is 5.41. The minimum Gasteiger partial charge on any atom is -0.324 e. The minimum atomic E-state index is 0.514. The Morgan fingerprint density at radius 2 is 2.12 bits per heavy atom. The molecule has 0 atom stereocenters. The molecule has 0 aliphatic heterocycles. The van der Waals surface area contributed by atoms with Gasteiger partial charge in [0.2, 0.25) is 5.96 Å². The molecule has 0 aliphatic carbocycles. The van der Waals surface area contributed by atoms with Crippen molar-refractivity contribution in [3.8, 4) is 0 Å². The van der Waals surface area contributed by atoms with Crippen molar-refractivity contribution in [1.82, 2.24) is 5.43 Å². The summed E-state index contributed by atoms with van der Waals surface area (Å²) in [5.41, 5.74) is 3.57. The Bertz CT molecular complexity index is 363. The highest BCUT2D eigenvalue weighted by molar-refractivity contribution is 14.1. The van der Waals surface area contributed by atoms with Gasteiger partial charge in [0.05, 0.1) is 5.69 Å². The molecule has 1 aromatic rings. The van der Waals surface area contributed by atoms with E-state index in [4.69, 9.17) is 5.84 Å². The number of anilines is 1. The van der Waals surface area contributed by atoms with Gasteiger partial charge in [-0.1, -0.05) is 26.0 Å². The second kappa shape index (κ2) is 6.70. The average Bonchev–Trinajstić information content (AvgIpc) is 2.26. The smallest absolute Gasteiger partial charge is 0.210 e. The van der Waals surface area contributed by atoms with E-state index in [1.165, 1.54) is 0 Å². The number of hydrazine groups is 1. The fourth-order valence-electron chi connectivity index (χ4n) is 1.09. The first-order valence-electron chi connectivity index (χ1n) is 5.16. The van der Waals surface area contributed by atoms with Crippen LogP contribution >= 0.6 is 22.6 Å². The molecule has 4 N–H and O–H groups in total. The lowest BCUT2D eigenvalue weighted by Crippen LogP contribution is -2.36. The van der Waals surface area contributed by atoms with Gasteiger partial charge in [0.1, 0.15) is 0 Å². The Balaban J connectivity index is 2.70. The lowest BCUT2D eigenvalue weighted by Gasteiger charge is -2.11. The van der Waals surface area contributed by atoms with E-state index in [0.717, 1.165) is 15.8 Å². The molecule has 0 aromatic heterocycles. The summed E-state index contributed by atoms with van der Waals surface area (Å²) in [5.74, 6) is 6.52. The maximum atomic E-state index is 5.41. The molecule has 0 saturated heterocycles. The van der Waals surface area contributed by atoms with Crippen LogP contribution < -0.4 is 16.6 Å². The Morgan fingerprint density at radius 1 is 1.44 bits per heavy atom. The quantitative estimate of drug-likeness (QED) is 0.261. The van der Waals surface area contributed by atoms with Crippen LogP contribution in [0.2, 0.25) is 0 Å². The zero-order chi connectivity index (χ0) is 12.0. The Morgan fingerprint density at radius 3 is 2.69 bits per heavy atom. The number of hydrogen-bond acceptors (Lipinski definition) is 2. The first kappa shape index (κ1) is 13.2. The van der Waals surface area contributed by atoms with Gasteiger partial charge >= 0.3 is 0 Å². The average molecular weight is 332 g/mol. The fraction of sp³-hybridized carbons (Fsp3) is 0.364. The van der Waals surface area contributed by atoms with Gasteiger partial charge in [0.25, 0.3) is 0 Å². The number of halogens is 1. The molecule has 16 heavy (non-hydrogen) atoms. The summed E-state index contributed by atoms with van der Waals surface area (Å²) in [4.78, 5) is 4.34. The summed E-state index contributed by atoms with van der Waals surface area (Å²) in [6.45, 7) is 4.98. The number of benzene rings is 1. The van der Waals surface area contributed by atoms with Crippen molar-refractivity contribution in [3.63, 3.8) is 0 Å². The third kappa shape index (κ3) is 4.36. The molecule has 0 aliphatic rings. The third-order valence-electron chi connectivity index (χ3n) is 1.88. The standard InChI is InChI=1S/C11H17IN4/c1-8(2)7-14-11(16-13)15-10-6-4-3-5-9(10)12/h3-6,8H,7,13H2,1-2H3,(H2,14,15,16). The van der Waals surface area contributed by atoms with Crippen LogP contribution in [0.15, 0.2) is 29.3 Å². The van der Waals surface area contributed by atoms with Crippen molar-refractivity contribution in [1.29, 1.82) is 0 Å². The molecule has 4 nitrogen and oxygen atoms in total. The normalized spacial score (nSPS) is 11.7. The largest absolute Gasteiger partial charge is 0.324 e. The van der Waals surface area contributed by atoms with Gasteiger partial charge in [-0.25, -0.2) is 5.84 Å². The molecule has 0 heterocycles. The Labute approximate surface area is 110 Å². The van der Waals surface area contributed by atoms with Gasteiger partial charge in [-0.05, 0) is 40.6 Å². The number of hydrogen-bond donors (Lipinski definition) is 3. The van der Waals surface area contributed by atoms with Gasteiger partial charge in [0.15, 0.2) is 0 Å². The topological polar surface area (TPSA) is 62.4 Å². The summed E-state index contributed by atoms with van der Waals surface area (Å²) in [6.07, 6.45) is 0. The van der Waals surface area contributed by atoms with Crippen molar-refractivity contribution in [2.45, 2.75) is 13.8 Å². The highest BCUT2D eigenvalue weighted by Gasteiger charge is 2.01. The monoisotopic (exact) mass is 332 g/mol. The number of guanidine groups is 1. The van der Waals surface area contributed by atoms with Crippen LogP contribution in [0.4, 0.5) is 5.69 Å². The number of para-hydroxylation sites is 1. The number of nitrogens with one attached hydrogen (secondary N) is 2. The lowest BCUT2D eigenvalue weighted by molar-refractivity contribution is 0.663.